The van der Waals surface area contributed by atoms with Gasteiger partial charge in [-0.25, -0.2) is 0 Å². The Morgan fingerprint density at radius 1 is 1.40 bits per heavy atom. The first-order valence-corrected chi connectivity index (χ1v) is 7.16. The van der Waals surface area contributed by atoms with Crippen LogP contribution in [0.5, 0.6) is 0 Å². The number of nitrogens with two attached hydrogens (primary N) is 1. The van der Waals surface area contributed by atoms with Gasteiger partial charge >= 0.3 is 0 Å². The number of halogens is 1. The van der Waals surface area contributed by atoms with Gasteiger partial charge in [0.15, 0.2) is 0 Å². The molecule has 2 unspecified atom stereocenters. The maximum Gasteiger partial charge on any atom is 0.0528 e. The van der Waals surface area contributed by atoms with Crippen LogP contribution in [0.3, 0.4) is 0 Å². The summed E-state index contributed by atoms with van der Waals surface area (Å²) in [6.45, 7) is 1.51. The van der Waals surface area contributed by atoms with Gasteiger partial charge in [-0.2, -0.15) is 5.10 Å². The van der Waals surface area contributed by atoms with Crippen LogP contribution in [0.4, 0.5) is 0 Å². The summed E-state index contributed by atoms with van der Waals surface area (Å²) in [4.78, 5) is 2.30. The third kappa shape index (κ3) is 2.14. The molecule has 106 valence electrons. The van der Waals surface area contributed by atoms with Crippen LogP contribution in [0.1, 0.15) is 28.7 Å². The van der Waals surface area contributed by atoms with Gasteiger partial charge < -0.3 is 5.73 Å². The summed E-state index contributed by atoms with van der Waals surface area (Å²) in [6, 6.07) is 6.33. The van der Waals surface area contributed by atoms with E-state index >= 15 is 0 Å². The van der Waals surface area contributed by atoms with E-state index < -0.39 is 0 Å². The van der Waals surface area contributed by atoms with Crippen molar-refractivity contribution >= 4 is 11.6 Å². The number of aromatic nitrogens is 2. The molecule has 1 aromatic carbocycles. The molecular weight excluding hydrogens is 272 g/mol. The van der Waals surface area contributed by atoms with Crippen molar-refractivity contribution in [3.05, 3.63) is 52.3 Å². The molecule has 1 aliphatic rings. The topological polar surface area (TPSA) is 47.1 Å². The van der Waals surface area contributed by atoms with Gasteiger partial charge in [0, 0.05) is 43.3 Å². The number of rotatable bonds is 2. The zero-order valence-electron chi connectivity index (χ0n) is 11.8. The van der Waals surface area contributed by atoms with Crippen molar-refractivity contribution < 1.29 is 0 Å². The Kier molecular flexibility index (Phi) is 3.54. The first-order valence-electron chi connectivity index (χ1n) is 6.79. The van der Waals surface area contributed by atoms with Crippen molar-refractivity contribution in [3.63, 3.8) is 0 Å². The van der Waals surface area contributed by atoms with Crippen molar-refractivity contribution in [2.24, 2.45) is 12.8 Å². The molecule has 0 fully saturated rings. The Morgan fingerprint density at radius 3 is 2.85 bits per heavy atom. The highest BCUT2D eigenvalue weighted by Gasteiger charge is 2.33. The molecule has 2 atom stereocenters. The van der Waals surface area contributed by atoms with Crippen molar-refractivity contribution in [1.29, 1.82) is 0 Å². The minimum atomic E-state index is 0.233. The van der Waals surface area contributed by atoms with E-state index in [9.17, 15) is 0 Å². The molecule has 0 bridgehead atoms. The normalized spacial score (nSPS) is 22.8. The SMILES string of the molecule is CN1CC(c2cnn(C)c2)c2c(Cl)cccc2C1CN. The van der Waals surface area contributed by atoms with Gasteiger partial charge in [0.05, 0.1) is 6.20 Å². The lowest BCUT2D eigenvalue weighted by molar-refractivity contribution is 0.223. The molecule has 5 heteroatoms. The lowest BCUT2D eigenvalue weighted by atomic mass is 9.82. The van der Waals surface area contributed by atoms with Crippen LogP contribution < -0.4 is 5.73 Å². The lowest BCUT2D eigenvalue weighted by Gasteiger charge is -2.38. The summed E-state index contributed by atoms with van der Waals surface area (Å²) in [7, 11) is 4.05. The molecule has 0 saturated carbocycles. The number of aryl methyl sites for hydroxylation is 1. The van der Waals surface area contributed by atoms with Crippen LogP contribution in [0.25, 0.3) is 0 Å². The molecule has 0 aliphatic carbocycles. The average Bonchev–Trinajstić information content (AvgIpc) is 2.84. The van der Waals surface area contributed by atoms with Gasteiger partial charge in [-0.15, -0.1) is 0 Å². The monoisotopic (exact) mass is 290 g/mol. The van der Waals surface area contributed by atoms with Crippen molar-refractivity contribution in [1.82, 2.24) is 14.7 Å². The lowest BCUT2D eigenvalue weighted by Crippen LogP contribution is -2.39. The molecule has 0 radical (unpaired) electrons. The predicted molar refractivity (Wildman–Crippen MR) is 80.9 cm³/mol. The standard InChI is InChI=1S/C15H19ClN4/c1-19-9-12(10-7-18-20(2)8-10)15-11(14(19)6-17)4-3-5-13(15)16/h3-5,7-8,12,14H,6,9,17H2,1-2H3. The number of nitrogens with zero attached hydrogens (tertiary/aromatic N) is 3. The molecule has 2 aromatic rings. The van der Waals surface area contributed by atoms with E-state index in [0.717, 1.165) is 11.6 Å². The molecule has 3 rings (SSSR count). The largest absolute Gasteiger partial charge is 0.329 e. The molecule has 2 heterocycles. The third-order valence-corrected chi connectivity index (χ3v) is 4.48. The van der Waals surface area contributed by atoms with Crippen molar-refractivity contribution in [2.75, 3.05) is 20.1 Å². The maximum absolute atomic E-state index is 6.48. The number of benzene rings is 1. The number of likely N-dealkylation sites (N-methyl/N-ethyl adjacent to an activating group) is 1. The average molecular weight is 291 g/mol. The van der Waals surface area contributed by atoms with Crippen LogP contribution in [0.15, 0.2) is 30.6 Å². The molecule has 1 aliphatic heterocycles. The highest BCUT2D eigenvalue weighted by atomic mass is 35.5. The first kappa shape index (κ1) is 13.6. The second-order valence-electron chi connectivity index (χ2n) is 5.43. The summed E-state index contributed by atoms with van der Waals surface area (Å²) in [6.07, 6.45) is 3.99. The fourth-order valence-electron chi connectivity index (χ4n) is 3.15. The van der Waals surface area contributed by atoms with E-state index in [1.54, 1.807) is 0 Å². The van der Waals surface area contributed by atoms with Crippen LogP contribution in [0.2, 0.25) is 5.02 Å². The molecule has 4 nitrogen and oxygen atoms in total. The minimum Gasteiger partial charge on any atom is -0.329 e. The summed E-state index contributed by atoms with van der Waals surface area (Å²) >= 11 is 6.48. The molecule has 1 aromatic heterocycles. The maximum atomic E-state index is 6.48. The first-order chi connectivity index (χ1) is 9.61. The summed E-state index contributed by atoms with van der Waals surface area (Å²) in [5.74, 6) is 0.250. The fourth-order valence-corrected chi connectivity index (χ4v) is 3.47. The van der Waals surface area contributed by atoms with E-state index in [0.29, 0.717) is 6.54 Å². The summed E-state index contributed by atoms with van der Waals surface area (Å²) < 4.78 is 1.83. The highest BCUT2D eigenvalue weighted by Crippen LogP contribution is 2.41. The zero-order valence-corrected chi connectivity index (χ0v) is 12.5. The number of hydrogen-bond donors (Lipinski definition) is 1. The summed E-state index contributed by atoms with van der Waals surface area (Å²) in [5, 5.41) is 5.11. The number of fused-ring (bicyclic) bond motifs is 1. The van der Waals surface area contributed by atoms with Gasteiger partial charge in [0.1, 0.15) is 0 Å². The molecule has 20 heavy (non-hydrogen) atoms. The van der Waals surface area contributed by atoms with E-state index in [1.807, 2.05) is 30.1 Å². The van der Waals surface area contributed by atoms with Crippen LogP contribution in [-0.2, 0) is 7.05 Å². The fraction of sp³-hybridized carbons (Fsp3) is 0.400. The summed E-state index contributed by atoms with van der Waals surface area (Å²) in [5.41, 5.74) is 9.59. The van der Waals surface area contributed by atoms with Crippen LogP contribution in [0, 0.1) is 0 Å². The van der Waals surface area contributed by atoms with E-state index in [1.165, 1.54) is 16.7 Å². The molecule has 0 spiro atoms. The second kappa shape index (κ2) is 5.20. The zero-order chi connectivity index (χ0) is 14.3. The van der Waals surface area contributed by atoms with Crippen molar-refractivity contribution in [2.45, 2.75) is 12.0 Å². The Hall–Kier alpha value is -1.36. The second-order valence-corrected chi connectivity index (χ2v) is 5.84. The Bertz CT molecular complexity index is 622. The van der Waals surface area contributed by atoms with Crippen molar-refractivity contribution in [3.8, 4) is 0 Å². The van der Waals surface area contributed by atoms with Gasteiger partial charge in [-0.1, -0.05) is 23.7 Å². The molecule has 0 saturated heterocycles. The molecular formula is C15H19ClN4. The van der Waals surface area contributed by atoms with E-state index in [2.05, 4.69) is 29.3 Å². The minimum absolute atomic E-state index is 0.233. The van der Waals surface area contributed by atoms with Gasteiger partial charge in [-0.05, 0) is 29.8 Å². The third-order valence-electron chi connectivity index (χ3n) is 4.15. The van der Waals surface area contributed by atoms with E-state index in [-0.39, 0.29) is 12.0 Å². The quantitative estimate of drug-likeness (QED) is 0.922. The predicted octanol–water partition coefficient (Wildman–Crippen LogP) is 2.15. The van der Waals surface area contributed by atoms with Crippen LogP contribution in [-0.4, -0.2) is 34.8 Å². The molecule has 0 amide bonds. The highest BCUT2D eigenvalue weighted by molar-refractivity contribution is 6.31. The van der Waals surface area contributed by atoms with E-state index in [4.69, 9.17) is 17.3 Å². The molecule has 2 N–H and O–H groups in total. The van der Waals surface area contributed by atoms with Gasteiger partial charge in [-0.3, -0.25) is 9.58 Å². The Balaban J connectivity index is 2.14. The Labute approximate surface area is 124 Å². The van der Waals surface area contributed by atoms with Gasteiger partial charge in [0.2, 0.25) is 0 Å². The van der Waals surface area contributed by atoms with Gasteiger partial charge in [0.25, 0.3) is 0 Å². The Morgan fingerprint density at radius 2 is 2.20 bits per heavy atom. The smallest absolute Gasteiger partial charge is 0.0528 e. The number of hydrogen-bond acceptors (Lipinski definition) is 3. The van der Waals surface area contributed by atoms with Crippen LogP contribution >= 0.6 is 11.6 Å².